The second kappa shape index (κ2) is 37.1. The fourth-order valence-corrected chi connectivity index (χ4v) is 2.75. The number of unbranched alkanes of at least 4 members (excludes halogenated alkanes) is 4. The van der Waals surface area contributed by atoms with E-state index in [1.807, 2.05) is 0 Å². The van der Waals surface area contributed by atoms with E-state index >= 15 is 0 Å². The van der Waals surface area contributed by atoms with Crippen molar-refractivity contribution in [1.29, 1.82) is 0 Å². The molecule has 2 aliphatic rings. The molecule has 0 unspecified atom stereocenters. The molecule has 0 radical (unpaired) electrons. The molecule has 248 valence electrons. The van der Waals surface area contributed by atoms with E-state index in [0.29, 0.717) is 51.6 Å². The van der Waals surface area contributed by atoms with Gasteiger partial charge in [0.2, 0.25) is 0 Å². The number of nitrogens with zero attached hydrogens (tertiary/aromatic N) is 2. The van der Waals surface area contributed by atoms with Gasteiger partial charge in [-0.05, 0) is 25.7 Å². The summed E-state index contributed by atoms with van der Waals surface area (Å²) in [5.41, 5.74) is 0. The van der Waals surface area contributed by atoms with Gasteiger partial charge in [-0.2, -0.15) is 0 Å². The molecule has 0 bridgehead atoms. The molecule has 0 saturated carbocycles. The minimum Gasteiger partial charge on any atom is -0.693 e. The summed E-state index contributed by atoms with van der Waals surface area (Å²) < 4.78 is 0. The Labute approximate surface area is 272 Å². The van der Waals surface area contributed by atoms with Gasteiger partial charge in [-0.25, -0.2) is 0 Å². The normalized spacial score (nSPS) is 12.1. The summed E-state index contributed by atoms with van der Waals surface area (Å²) in [7, 11) is 19.5. The van der Waals surface area contributed by atoms with Crippen molar-refractivity contribution >= 4 is 73.2 Å². The maximum atomic E-state index is 11.1. The second-order valence-corrected chi connectivity index (χ2v) is 13.4. The first-order valence-electron chi connectivity index (χ1n) is 10.2. The zero-order valence-corrected chi connectivity index (χ0v) is 29.1. The van der Waals surface area contributed by atoms with E-state index in [0.717, 1.165) is 0 Å². The quantitative estimate of drug-likeness (QED) is 0.174. The molecule has 0 saturated heterocycles. The van der Waals surface area contributed by atoms with Crippen LogP contribution in [0.15, 0.2) is 24.3 Å². The maximum absolute atomic E-state index is 11.1. The van der Waals surface area contributed by atoms with Gasteiger partial charge in [0.15, 0.2) is 0 Å². The molecular formula is C20H36Cl4N6O9Pt2. The first kappa shape index (κ1) is 55.9. The Morgan fingerprint density at radius 1 is 0.561 bits per heavy atom. The molecule has 15 nitrogen and oxygen atoms in total. The molecule has 0 atom stereocenters. The molecule has 41 heavy (non-hydrogen) atoms. The Morgan fingerprint density at radius 2 is 0.780 bits per heavy atom. The van der Waals surface area contributed by atoms with Gasteiger partial charge in [0.1, 0.15) is 0 Å². The summed E-state index contributed by atoms with van der Waals surface area (Å²) in [6, 6.07) is 0. The molecule has 0 fully saturated rings. The van der Waals surface area contributed by atoms with Crippen molar-refractivity contribution in [2.24, 2.45) is 0 Å². The van der Waals surface area contributed by atoms with Gasteiger partial charge in [0.25, 0.3) is 23.6 Å². The number of halogens is 4. The van der Waals surface area contributed by atoms with Crippen molar-refractivity contribution in [2.75, 3.05) is 13.1 Å². The van der Waals surface area contributed by atoms with E-state index in [2.05, 4.69) is 0 Å². The summed E-state index contributed by atoms with van der Waals surface area (Å²) in [4.78, 5) is 67.0. The third kappa shape index (κ3) is 31.8. The average molecular weight is 1040 g/mol. The van der Waals surface area contributed by atoms with Crippen LogP contribution in [0.2, 0.25) is 0 Å². The third-order valence-electron chi connectivity index (χ3n) is 4.35. The number of carboxylic acids is 2. The summed E-state index contributed by atoms with van der Waals surface area (Å²) in [5, 5.41) is 16.8. The number of hydrogen-bond donors (Lipinski definition) is 2. The van der Waals surface area contributed by atoms with Crippen LogP contribution in [0.3, 0.4) is 0 Å². The fraction of sp³-hybridized carbons (Fsp3) is 0.500. The number of rotatable bonds is 12. The van der Waals surface area contributed by atoms with Crippen LogP contribution in [0, 0.1) is 0 Å². The molecule has 0 aliphatic carbocycles. The zero-order chi connectivity index (χ0) is 27.9. The molecule has 0 aromatic heterocycles. The van der Waals surface area contributed by atoms with Crippen LogP contribution in [0.1, 0.15) is 51.4 Å². The predicted octanol–water partition coefficient (Wildman–Crippen LogP) is 5.91. The molecule has 2 rings (SSSR count). The topological polar surface area (TPSA) is 315 Å². The molecule has 21 heteroatoms. The monoisotopic (exact) mass is 1030 g/mol. The van der Waals surface area contributed by atoms with Crippen LogP contribution in [-0.4, -0.2) is 74.1 Å². The zero-order valence-electron chi connectivity index (χ0n) is 21.6. The van der Waals surface area contributed by atoms with Gasteiger partial charge in [0.05, 0.1) is 0 Å². The van der Waals surface area contributed by atoms with Crippen molar-refractivity contribution in [3.63, 3.8) is 0 Å². The van der Waals surface area contributed by atoms with E-state index in [1.165, 1.54) is 34.1 Å². The molecule has 12 N–H and O–H groups in total. The fourth-order valence-electron chi connectivity index (χ4n) is 2.75. The maximum Gasteiger partial charge on any atom is -0.693 e. The minimum atomic E-state index is -0.815. The number of aliphatic carboxylic acids is 2. The van der Waals surface area contributed by atoms with E-state index in [4.69, 9.17) is 47.9 Å². The predicted molar refractivity (Wildman–Crippen MR) is 152 cm³/mol. The van der Waals surface area contributed by atoms with Crippen molar-refractivity contribution in [3.05, 3.63) is 48.9 Å². The Hall–Kier alpha value is -0.963. The van der Waals surface area contributed by atoms with Crippen molar-refractivity contribution in [3.8, 4) is 0 Å². The summed E-state index contributed by atoms with van der Waals surface area (Å²) in [6.07, 6.45) is 9.18. The Kier molecular flexibility index (Phi) is 50.5. The van der Waals surface area contributed by atoms with Crippen LogP contribution in [0.25, 0.3) is 24.6 Å². The van der Waals surface area contributed by atoms with Gasteiger partial charge in [-0.1, -0.05) is 12.8 Å². The van der Waals surface area contributed by atoms with Crippen molar-refractivity contribution in [2.45, 2.75) is 51.4 Å². The number of amides is 4. The molecular weight excluding hydrogens is 1000 g/mol. The van der Waals surface area contributed by atoms with Crippen LogP contribution < -0.4 is 0 Å². The largest absolute Gasteiger partial charge is 0.693 e. The van der Waals surface area contributed by atoms with Crippen LogP contribution in [0.4, 0.5) is 0 Å². The first-order chi connectivity index (χ1) is 17.0. The standard InChI is InChI=1S/2C10H13NO4.4ClH.4H2N.H2O.2Pt/c2*12-8-5-6-9(13)11(8)7-3-1-2-4-10(14)15;;;;;;;;;;;/h2*5-6H,1-4,7H2,(H,14,15);4*1H;5*1H2;;/q;;;;;;4*-1;;2*+4/p-4. The average Bonchev–Trinajstić information content (AvgIpc) is 3.29. The smallest absolute Gasteiger partial charge is 0.693 e. The third-order valence-corrected chi connectivity index (χ3v) is 4.35. The minimum absolute atomic E-state index is 0. The van der Waals surface area contributed by atoms with E-state index < -0.39 is 44.9 Å². The van der Waals surface area contributed by atoms with Crippen LogP contribution >= 0.6 is 37.7 Å². The van der Waals surface area contributed by atoms with E-state index in [-0.39, 0.29) is 66.5 Å². The molecule has 4 amide bonds. The Morgan fingerprint density at radius 3 is 0.976 bits per heavy atom. The van der Waals surface area contributed by atoms with Gasteiger partial charge in [-0.3, -0.25) is 38.6 Å². The summed E-state index contributed by atoms with van der Waals surface area (Å²) >= 11 is -0.944. The van der Waals surface area contributed by atoms with Gasteiger partial charge >= 0.3 is 82.6 Å². The Bertz CT molecular complexity index is 715. The molecule has 0 aromatic rings. The molecule has 2 aliphatic heterocycles. The number of carboxylic acid groups (broad SMARTS) is 2. The van der Waals surface area contributed by atoms with E-state index in [9.17, 15) is 28.8 Å². The molecule has 2 heterocycles. The summed E-state index contributed by atoms with van der Waals surface area (Å²) in [6.45, 7) is 0.759. The second-order valence-electron chi connectivity index (χ2n) is 6.82. The number of hydrogen-bond acceptors (Lipinski definition) is 6. The van der Waals surface area contributed by atoms with Crippen molar-refractivity contribution < 1.29 is 77.4 Å². The van der Waals surface area contributed by atoms with Crippen molar-refractivity contribution in [1.82, 2.24) is 9.80 Å². The Balaban J connectivity index is -0.0000000856. The molecule has 0 aromatic carbocycles. The SMILES string of the molecule is O.O=C(O)CCCCCN1C(=O)C=CC1=O.O=C(O)CCCCCN1C(=O)C=CC1=O.[Cl][Pt+2][Cl].[Cl][Pt+2][Cl].[NH2-].[NH2-].[NH2-].[NH2-]. The number of carbonyl (C=O) groups excluding carboxylic acids is 4. The van der Waals surface area contributed by atoms with Gasteiger partial charge in [-0.15, -0.1) is 0 Å². The van der Waals surface area contributed by atoms with Crippen LogP contribution in [0.5, 0.6) is 0 Å². The van der Waals surface area contributed by atoms with Gasteiger partial charge in [0, 0.05) is 50.2 Å². The summed E-state index contributed by atoms with van der Waals surface area (Å²) in [5.74, 6) is -2.75. The van der Waals surface area contributed by atoms with Crippen LogP contribution in [-0.2, 0) is 61.7 Å². The number of nitrogens with two attached hydrogens (primary N) is 4. The van der Waals surface area contributed by atoms with E-state index in [1.54, 1.807) is 0 Å². The number of imide groups is 2. The first-order valence-corrected chi connectivity index (χ1v) is 21.5. The molecule has 0 spiro atoms. The number of carbonyl (C=O) groups is 6. The van der Waals surface area contributed by atoms with Gasteiger partial charge < -0.3 is 40.3 Å².